The topological polar surface area (TPSA) is 32.3 Å². The molecule has 2 rings (SSSR count). The summed E-state index contributed by atoms with van der Waals surface area (Å²) in [5.74, 6) is 0.894. The first kappa shape index (κ1) is 13.6. The Morgan fingerprint density at radius 2 is 2.33 bits per heavy atom. The molecule has 0 bridgehead atoms. The van der Waals surface area contributed by atoms with Gasteiger partial charge in [-0.15, -0.1) is 11.3 Å². The second kappa shape index (κ2) is 5.85. The van der Waals surface area contributed by atoms with Gasteiger partial charge in [0, 0.05) is 17.5 Å². The summed E-state index contributed by atoms with van der Waals surface area (Å²) in [6.45, 7) is 8.88. The second-order valence-electron chi connectivity index (χ2n) is 5.38. The van der Waals surface area contributed by atoms with Gasteiger partial charge < -0.3 is 10.2 Å². The van der Waals surface area contributed by atoms with Crippen LogP contribution >= 0.6 is 11.3 Å². The van der Waals surface area contributed by atoms with E-state index in [-0.39, 0.29) is 12.0 Å². The number of rotatable bonds is 4. The summed E-state index contributed by atoms with van der Waals surface area (Å²) >= 11 is 1.72. The van der Waals surface area contributed by atoms with E-state index >= 15 is 0 Å². The van der Waals surface area contributed by atoms with E-state index in [0.29, 0.717) is 11.8 Å². The van der Waals surface area contributed by atoms with Crippen LogP contribution in [0.4, 0.5) is 0 Å². The van der Waals surface area contributed by atoms with Crippen molar-refractivity contribution in [3.05, 3.63) is 22.4 Å². The third kappa shape index (κ3) is 2.93. The number of hydrogen-bond acceptors (Lipinski definition) is 3. The SMILES string of the molecule is CC1CNCC1C(=O)N(Cc1cccs1)C(C)C. The lowest BCUT2D eigenvalue weighted by Crippen LogP contribution is -2.42. The number of nitrogens with one attached hydrogen (secondary N) is 1. The molecule has 1 N–H and O–H groups in total. The average molecular weight is 266 g/mol. The van der Waals surface area contributed by atoms with Crippen LogP contribution in [0.1, 0.15) is 25.6 Å². The van der Waals surface area contributed by atoms with Gasteiger partial charge in [-0.1, -0.05) is 13.0 Å². The predicted octanol–water partition coefficient (Wildman–Crippen LogP) is 2.34. The minimum absolute atomic E-state index is 0.146. The molecule has 1 saturated heterocycles. The third-order valence-electron chi connectivity index (χ3n) is 3.65. The zero-order valence-corrected chi connectivity index (χ0v) is 12.2. The number of nitrogens with zero attached hydrogens (tertiary/aromatic N) is 1. The smallest absolute Gasteiger partial charge is 0.227 e. The number of hydrogen-bond donors (Lipinski definition) is 1. The molecule has 0 aliphatic carbocycles. The lowest BCUT2D eigenvalue weighted by Gasteiger charge is -2.30. The van der Waals surface area contributed by atoms with Gasteiger partial charge in [-0.2, -0.15) is 0 Å². The van der Waals surface area contributed by atoms with Gasteiger partial charge in [0.25, 0.3) is 0 Å². The molecule has 1 aromatic heterocycles. The zero-order chi connectivity index (χ0) is 13.1. The van der Waals surface area contributed by atoms with Crippen LogP contribution in [-0.4, -0.2) is 29.9 Å². The molecule has 2 unspecified atom stereocenters. The molecule has 0 saturated carbocycles. The highest BCUT2D eigenvalue weighted by Gasteiger charge is 2.33. The van der Waals surface area contributed by atoms with Crippen LogP contribution in [0.25, 0.3) is 0 Å². The van der Waals surface area contributed by atoms with Gasteiger partial charge in [0.2, 0.25) is 5.91 Å². The van der Waals surface area contributed by atoms with Crippen molar-refractivity contribution < 1.29 is 4.79 Å². The van der Waals surface area contributed by atoms with E-state index in [1.54, 1.807) is 11.3 Å². The van der Waals surface area contributed by atoms with Crippen LogP contribution in [0, 0.1) is 11.8 Å². The number of carbonyl (C=O) groups is 1. The fraction of sp³-hybridized carbons (Fsp3) is 0.643. The van der Waals surface area contributed by atoms with Gasteiger partial charge in [0.05, 0.1) is 12.5 Å². The minimum Gasteiger partial charge on any atom is -0.335 e. The molecule has 2 heterocycles. The molecular weight excluding hydrogens is 244 g/mol. The highest BCUT2D eigenvalue weighted by Crippen LogP contribution is 2.22. The normalized spacial score (nSPS) is 23.6. The van der Waals surface area contributed by atoms with E-state index in [2.05, 4.69) is 37.5 Å². The Morgan fingerprint density at radius 1 is 1.56 bits per heavy atom. The van der Waals surface area contributed by atoms with Gasteiger partial charge in [-0.25, -0.2) is 0 Å². The van der Waals surface area contributed by atoms with E-state index in [9.17, 15) is 4.79 Å². The number of amides is 1. The molecule has 1 fully saturated rings. The first-order chi connectivity index (χ1) is 8.59. The standard InChI is InChI=1S/C14H22N2OS/c1-10(2)16(9-12-5-4-6-18-12)14(17)13-8-15-7-11(13)3/h4-6,10-11,13,15H,7-9H2,1-3H3. The van der Waals surface area contributed by atoms with Gasteiger partial charge in [-0.05, 0) is 37.8 Å². The molecule has 0 radical (unpaired) electrons. The molecule has 1 amide bonds. The summed E-state index contributed by atoms with van der Waals surface area (Å²) in [4.78, 5) is 15.9. The van der Waals surface area contributed by atoms with Crippen molar-refractivity contribution in [3.8, 4) is 0 Å². The van der Waals surface area contributed by atoms with Gasteiger partial charge in [0.1, 0.15) is 0 Å². The molecule has 1 aliphatic heterocycles. The van der Waals surface area contributed by atoms with Crippen molar-refractivity contribution in [2.45, 2.75) is 33.4 Å². The average Bonchev–Trinajstić information content (AvgIpc) is 2.95. The molecule has 0 aromatic carbocycles. The van der Waals surface area contributed by atoms with Crippen molar-refractivity contribution in [1.29, 1.82) is 0 Å². The van der Waals surface area contributed by atoms with E-state index in [0.717, 1.165) is 19.6 Å². The lowest BCUT2D eigenvalue weighted by molar-refractivity contribution is -0.138. The zero-order valence-electron chi connectivity index (χ0n) is 11.3. The van der Waals surface area contributed by atoms with Crippen molar-refractivity contribution in [2.24, 2.45) is 11.8 Å². The number of carbonyl (C=O) groups excluding carboxylic acids is 1. The largest absolute Gasteiger partial charge is 0.335 e. The Hall–Kier alpha value is -0.870. The summed E-state index contributed by atoms with van der Waals surface area (Å²) in [5, 5.41) is 5.38. The van der Waals surface area contributed by atoms with E-state index in [1.165, 1.54) is 4.88 Å². The monoisotopic (exact) mass is 266 g/mol. The first-order valence-corrected chi connectivity index (χ1v) is 7.51. The molecule has 0 spiro atoms. The number of thiophene rings is 1. The summed E-state index contributed by atoms with van der Waals surface area (Å²) in [5.41, 5.74) is 0. The van der Waals surface area contributed by atoms with E-state index in [1.807, 2.05) is 11.0 Å². The maximum Gasteiger partial charge on any atom is 0.227 e. The molecular formula is C14H22N2OS. The summed E-state index contributed by atoms with van der Waals surface area (Å²) in [6.07, 6.45) is 0. The third-order valence-corrected chi connectivity index (χ3v) is 4.51. The van der Waals surface area contributed by atoms with Gasteiger partial charge >= 0.3 is 0 Å². The van der Waals surface area contributed by atoms with Crippen LogP contribution in [0.15, 0.2) is 17.5 Å². The van der Waals surface area contributed by atoms with Crippen molar-refractivity contribution in [1.82, 2.24) is 10.2 Å². The summed E-state index contributed by atoms with van der Waals surface area (Å²) in [6, 6.07) is 4.40. The van der Waals surface area contributed by atoms with Crippen LogP contribution in [-0.2, 0) is 11.3 Å². The maximum atomic E-state index is 12.6. The molecule has 4 heteroatoms. The highest BCUT2D eigenvalue weighted by molar-refractivity contribution is 7.09. The second-order valence-corrected chi connectivity index (χ2v) is 6.41. The molecule has 3 nitrogen and oxygen atoms in total. The fourth-order valence-corrected chi connectivity index (χ4v) is 3.14. The molecule has 100 valence electrons. The van der Waals surface area contributed by atoms with Gasteiger partial charge in [0.15, 0.2) is 0 Å². The Labute approximate surface area is 113 Å². The van der Waals surface area contributed by atoms with Crippen molar-refractivity contribution in [2.75, 3.05) is 13.1 Å². The fourth-order valence-electron chi connectivity index (χ4n) is 2.44. The molecule has 1 aromatic rings. The first-order valence-electron chi connectivity index (χ1n) is 6.63. The quantitative estimate of drug-likeness (QED) is 0.907. The molecule has 18 heavy (non-hydrogen) atoms. The van der Waals surface area contributed by atoms with Crippen LogP contribution < -0.4 is 5.32 Å². The maximum absolute atomic E-state index is 12.6. The van der Waals surface area contributed by atoms with Gasteiger partial charge in [-0.3, -0.25) is 4.79 Å². The Kier molecular flexibility index (Phi) is 4.40. The van der Waals surface area contributed by atoms with Crippen LogP contribution in [0.2, 0.25) is 0 Å². The molecule has 1 aliphatic rings. The highest BCUT2D eigenvalue weighted by atomic mass is 32.1. The van der Waals surface area contributed by atoms with Crippen LogP contribution in [0.3, 0.4) is 0 Å². The van der Waals surface area contributed by atoms with Crippen molar-refractivity contribution in [3.63, 3.8) is 0 Å². The van der Waals surface area contributed by atoms with Crippen LogP contribution in [0.5, 0.6) is 0 Å². The Bertz CT molecular complexity index is 389. The Morgan fingerprint density at radius 3 is 2.83 bits per heavy atom. The lowest BCUT2D eigenvalue weighted by atomic mass is 9.96. The van der Waals surface area contributed by atoms with Crippen molar-refractivity contribution >= 4 is 17.2 Å². The summed E-state index contributed by atoms with van der Waals surface area (Å²) in [7, 11) is 0. The Balaban J connectivity index is 2.07. The minimum atomic E-state index is 0.146. The van der Waals surface area contributed by atoms with E-state index < -0.39 is 0 Å². The molecule has 2 atom stereocenters. The summed E-state index contributed by atoms with van der Waals surface area (Å²) < 4.78 is 0. The van der Waals surface area contributed by atoms with E-state index in [4.69, 9.17) is 0 Å². The predicted molar refractivity (Wildman–Crippen MR) is 75.5 cm³/mol.